The summed E-state index contributed by atoms with van der Waals surface area (Å²) < 4.78 is 0. The minimum absolute atomic E-state index is 0.773. The number of hydrogen-bond donors (Lipinski definition) is 0. The molecule has 1 aromatic rings. The van der Waals surface area contributed by atoms with Gasteiger partial charge in [-0.3, -0.25) is 0 Å². The fraction of sp³-hybridized carbons (Fsp3) is 0.250. The van der Waals surface area contributed by atoms with E-state index in [1.165, 1.54) is 6.33 Å². The monoisotopic (exact) mass is 94.0 g/mol. The van der Waals surface area contributed by atoms with Gasteiger partial charge in [0.2, 0.25) is 0 Å². The first kappa shape index (κ1) is 4.18. The summed E-state index contributed by atoms with van der Waals surface area (Å²) in [5, 5.41) is 6.88. The Morgan fingerprint density at radius 1 is 1.71 bits per heavy atom. The van der Waals surface area contributed by atoms with Crippen LogP contribution in [0.2, 0.25) is 0 Å². The summed E-state index contributed by atoms with van der Waals surface area (Å²) in [6.45, 7) is 1.81. The van der Waals surface area contributed by atoms with Gasteiger partial charge in [-0.2, -0.15) is 0 Å². The van der Waals surface area contributed by atoms with Crippen LogP contribution >= 0.6 is 0 Å². The standard InChI is InChI=1S/C4H4N3/c1-4-2-6-7-3-5-4/h3H,1H3. The lowest BCUT2D eigenvalue weighted by atomic mass is 10.6. The Morgan fingerprint density at radius 2 is 2.57 bits per heavy atom. The van der Waals surface area contributed by atoms with Gasteiger partial charge >= 0.3 is 0 Å². The van der Waals surface area contributed by atoms with Crippen LogP contribution in [0.4, 0.5) is 0 Å². The van der Waals surface area contributed by atoms with Crippen molar-refractivity contribution in [2.45, 2.75) is 6.92 Å². The zero-order valence-electron chi connectivity index (χ0n) is 3.92. The molecule has 0 unspecified atom stereocenters. The highest BCUT2D eigenvalue weighted by atomic mass is 15.1. The molecule has 0 aliphatic rings. The Kier molecular flexibility index (Phi) is 0.978. The summed E-state index contributed by atoms with van der Waals surface area (Å²) >= 11 is 0. The molecule has 0 spiro atoms. The van der Waals surface area contributed by atoms with Gasteiger partial charge in [-0.25, -0.2) is 4.98 Å². The van der Waals surface area contributed by atoms with E-state index < -0.39 is 0 Å². The topological polar surface area (TPSA) is 38.7 Å². The van der Waals surface area contributed by atoms with Crippen molar-refractivity contribution in [2.24, 2.45) is 0 Å². The summed E-state index contributed by atoms with van der Waals surface area (Å²) in [7, 11) is 0. The molecule has 0 aliphatic carbocycles. The van der Waals surface area contributed by atoms with Crippen molar-refractivity contribution in [3.05, 3.63) is 18.2 Å². The minimum Gasteiger partial charge on any atom is -0.237 e. The first-order chi connectivity index (χ1) is 3.39. The molecule has 0 aromatic carbocycles. The molecule has 1 heterocycles. The molecule has 35 valence electrons. The fourth-order valence-electron chi connectivity index (χ4n) is 0.268. The van der Waals surface area contributed by atoms with E-state index in [0.29, 0.717) is 0 Å². The van der Waals surface area contributed by atoms with Crippen LogP contribution in [0.3, 0.4) is 0 Å². The van der Waals surface area contributed by atoms with E-state index in [0.717, 1.165) is 5.69 Å². The summed E-state index contributed by atoms with van der Waals surface area (Å²) in [6.07, 6.45) is 3.95. The normalized spacial score (nSPS) is 8.71. The van der Waals surface area contributed by atoms with Gasteiger partial charge in [0.1, 0.15) is 12.5 Å². The number of nitrogens with zero attached hydrogens (tertiary/aromatic N) is 3. The largest absolute Gasteiger partial charge is 0.237 e. The SMILES string of the molecule is Cc1[c]nncn1. The Morgan fingerprint density at radius 3 is 2.86 bits per heavy atom. The maximum Gasteiger partial charge on any atom is 0.138 e. The fourth-order valence-corrected chi connectivity index (χ4v) is 0.268. The van der Waals surface area contributed by atoms with E-state index in [4.69, 9.17) is 0 Å². The average molecular weight is 94.1 g/mol. The molecule has 7 heavy (non-hydrogen) atoms. The molecule has 0 aliphatic heterocycles. The van der Waals surface area contributed by atoms with Crippen LogP contribution in [0.1, 0.15) is 5.69 Å². The lowest BCUT2D eigenvalue weighted by molar-refractivity contribution is 0.931. The van der Waals surface area contributed by atoms with Crippen LogP contribution in [0.5, 0.6) is 0 Å². The highest BCUT2D eigenvalue weighted by Crippen LogP contribution is 1.76. The van der Waals surface area contributed by atoms with E-state index in [-0.39, 0.29) is 0 Å². The second kappa shape index (κ2) is 1.64. The maximum atomic E-state index is 3.75. The number of hydrogen-bond acceptors (Lipinski definition) is 3. The van der Waals surface area contributed by atoms with E-state index in [1.807, 2.05) is 6.92 Å². The van der Waals surface area contributed by atoms with Gasteiger partial charge in [0.25, 0.3) is 0 Å². The molecule has 3 heteroatoms. The first-order valence-corrected chi connectivity index (χ1v) is 1.91. The third-order valence-corrected chi connectivity index (χ3v) is 0.573. The number of rotatable bonds is 0. The summed E-state index contributed by atoms with van der Waals surface area (Å²) in [5.74, 6) is 0. The van der Waals surface area contributed by atoms with Gasteiger partial charge in [0, 0.05) is 0 Å². The van der Waals surface area contributed by atoms with Crippen molar-refractivity contribution in [3.63, 3.8) is 0 Å². The van der Waals surface area contributed by atoms with Crippen LogP contribution in [0.15, 0.2) is 6.33 Å². The van der Waals surface area contributed by atoms with E-state index in [2.05, 4.69) is 21.4 Å². The second-order valence-corrected chi connectivity index (χ2v) is 1.16. The second-order valence-electron chi connectivity index (χ2n) is 1.16. The van der Waals surface area contributed by atoms with Gasteiger partial charge in [-0.05, 0) is 6.92 Å². The van der Waals surface area contributed by atoms with Gasteiger partial charge < -0.3 is 0 Å². The van der Waals surface area contributed by atoms with Crippen molar-refractivity contribution in [1.29, 1.82) is 0 Å². The third kappa shape index (κ3) is 0.924. The van der Waals surface area contributed by atoms with Crippen LogP contribution in [0, 0.1) is 13.1 Å². The number of aryl methyl sites for hydroxylation is 1. The zero-order chi connectivity index (χ0) is 5.11. The van der Waals surface area contributed by atoms with E-state index in [9.17, 15) is 0 Å². The Bertz CT molecular complexity index is 137. The molecule has 3 nitrogen and oxygen atoms in total. The van der Waals surface area contributed by atoms with E-state index >= 15 is 0 Å². The molecule has 0 N–H and O–H groups in total. The van der Waals surface area contributed by atoms with Crippen LogP contribution in [-0.2, 0) is 0 Å². The van der Waals surface area contributed by atoms with E-state index in [1.54, 1.807) is 0 Å². The first-order valence-electron chi connectivity index (χ1n) is 1.91. The molecular formula is C4H4N3. The molecule has 0 saturated carbocycles. The lowest BCUT2D eigenvalue weighted by Gasteiger charge is -1.79. The molecule has 1 rings (SSSR count). The predicted octanol–water partition coefficient (Wildman–Crippen LogP) is -0.0198. The van der Waals surface area contributed by atoms with Crippen molar-refractivity contribution >= 4 is 0 Å². The summed E-state index contributed by atoms with van der Waals surface area (Å²) in [5.41, 5.74) is 0.773. The van der Waals surface area contributed by atoms with Crippen molar-refractivity contribution in [3.8, 4) is 0 Å². The van der Waals surface area contributed by atoms with Crippen LogP contribution < -0.4 is 0 Å². The molecule has 0 amide bonds. The minimum atomic E-state index is 0.773. The highest BCUT2D eigenvalue weighted by Gasteiger charge is 1.77. The molecular weight excluding hydrogens is 90.1 g/mol. The van der Waals surface area contributed by atoms with Crippen molar-refractivity contribution in [2.75, 3.05) is 0 Å². The van der Waals surface area contributed by atoms with Crippen molar-refractivity contribution < 1.29 is 0 Å². The Hall–Kier alpha value is -0.990. The molecule has 0 bridgehead atoms. The summed E-state index contributed by atoms with van der Waals surface area (Å²) in [4.78, 5) is 3.75. The number of aromatic nitrogens is 3. The lowest BCUT2D eigenvalue weighted by Crippen LogP contribution is -1.84. The molecule has 0 saturated heterocycles. The Labute approximate surface area is 41.4 Å². The van der Waals surface area contributed by atoms with Crippen molar-refractivity contribution in [1.82, 2.24) is 15.2 Å². The molecule has 0 atom stereocenters. The van der Waals surface area contributed by atoms with Gasteiger partial charge in [0.05, 0.1) is 5.69 Å². The quantitative estimate of drug-likeness (QED) is 0.453. The molecule has 0 fully saturated rings. The zero-order valence-corrected chi connectivity index (χ0v) is 3.92. The van der Waals surface area contributed by atoms with Gasteiger partial charge in [-0.1, -0.05) is 0 Å². The Balaban J connectivity index is 3.02. The average Bonchev–Trinajstić information content (AvgIpc) is 1.69. The molecule has 1 radical (unpaired) electrons. The van der Waals surface area contributed by atoms with Gasteiger partial charge in [-0.15, -0.1) is 10.2 Å². The summed E-state index contributed by atoms with van der Waals surface area (Å²) in [6, 6.07) is 0. The third-order valence-electron chi connectivity index (χ3n) is 0.573. The highest BCUT2D eigenvalue weighted by molar-refractivity contribution is 4.82. The maximum absolute atomic E-state index is 3.75. The van der Waals surface area contributed by atoms with Gasteiger partial charge in [0.15, 0.2) is 0 Å². The van der Waals surface area contributed by atoms with Crippen LogP contribution in [-0.4, -0.2) is 15.2 Å². The van der Waals surface area contributed by atoms with Crippen LogP contribution in [0.25, 0.3) is 0 Å². The smallest absolute Gasteiger partial charge is 0.138 e. The predicted molar refractivity (Wildman–Crippen MR) is 23.4 cm³/mol. The molecule has 1 aromatic heterocycles.